The fraction of sp³-hybridized carbons (Fsp3) is 0. The van der Waals surface area contributed by atoms with Gasteiger partial charge >= 0.3 is 0 Å². The molecule has 4 nitrogen and oxygen atoms in total. The molecule has 0 unspecified atom stereocenters. The Bertz CT molecular complexity index is 996. The predicted octanol–water partition coefficient (Wildman–Crippen LogP) is 4.65. The third-order valence-electron chi connectivity index (χ3n) is 4.04. The van der Waals surface area contributed by atoms with Crippen molar-refractivity contribution < 1.29 is 36.5 Å². The minimum absolute atomic E-state index is 0. The second-order valence-corrected chi connectivity index (χ2v) is 5.91. The molecule has 6 heteroatoms. The molecule has 0 radical (unpaired) electrons. The molecule has 26 heavy (non-hydrogen) atoms. The third kappa shape index (κ3) is 3.78. The summed E-state index contributed by atoms with van der Waals surface area (Å²) in [4.78, 5) is 16.0. The molecule has 5 rings (SSSR count). The SMILES string of the molecule is C1=Cc2cc3ccc(cc4nc(cc5ccc(cc1n2)[nH]5)C=C4)[nH]3.[Fe].[Zn]. The standard InChI is InChI=1S/C20H14N4.Fe.Zn/c1-2-14-10-16-5-6-18(23-16)12-20-8-7-19(24-20)11-17-4-3-15(22-17)9-13(1)21-14;;/h1-12,21,24H;;. The van der Waals surface area contributed by atoms with Crippen molar-refractivity contribution in [3.05, 3.63) is 71.3 Å². The van der Waals surface area contributed by atoms with Crippen LogP contribution in [0.4, 0.5) is 0 Å². The summed E-state index contributed by atoms with van der Waals surface area (Å²) in [6.45, 7) is 0. The minimum atomic E-state index is 0. The summed E-state index contributed by atoms with van der Waals surface area (Å²) in [7, 11) is 0. The Morgan fingerprint density at radius 1 is 0.500 bits per heavy atom. The van der Waals surface area contributed by atoms with E-state index in [9.17, 15) is 0 Å². The van der Waals surface area contributed by atoms with Gasteiger partial charge < -0.3 is 9.97 Å². The quantitative estimate of drug-likeness (QED) is 0.351. The number of rotatable bonds is 0. The third-order valence-corrected chi connectivity index (χ3v) is 4.04. The van der Waals surface area contributed by atoms with Crippen molar-refractivity contribution in [3.8, 4) is 0 Å². The first-order valence-corrected chi connectivity index (χ1v) is 7.85. The van der Waals surface area contributed by atoms with Gasteiger partial charge in [-0.1, -0.05) is 0 Å². The normalized spacial score (nSPS) is 11.7. The van der Waals surface area contributed by atoms with Crippen LogP contribution < -0.4 is 0 Å². The first kappa shape index (κ1) is 18.5. The monoisotopic (exact) mass is 430 g/mol. The zero-order valence-corrected chi connectivity index (χ0v) is 18.0. The summed E-state index contributed by atoms with van der Waals surface area (Å²) in [5, 5.41) is 0. The van der Waals surface area contributed by atoms with Crippen LogP contribution in [-0.4, -0.2) is 19.9 Å². The van der Waals surface area contributed by atoms with Gasteiger partial charge in [0.1, 0.15) is 0 Å². The number of nitrogens with one attached hydrogen (secondary N) is 2. The molecule has 0 saturated heterocycles. The predicted molar refractivity (Wildman–Crippen MR) is 98.9 cm³/mol. The molecule has 0 fully saturated rings. The van der Waals surface area contributed by atoms with Crippen LogP contribution in [0.1, 0.15) is 22.8 Å². The molecule has 5 heterocycles. The van der Waals surface area contributed by atoms with E-state index in [-0.39, 0.29) is 36.5 Å². The molecule has 3 aromatic rings. The Kier molecular flexibility index (Phi) is 5.38. The van der Waals surface area contributed by atoms with Crippen molar-refractivity contribution in [2.75, 3.05) is 0 Å². The van der Waals surface area contributed by atoms with E-state index in [1.807, 2.05) is 48.6 Å². The van der Waals surface area contributed by atoms with E-state index in [0.29, 0.717) is 0 Å². The van der Waals surface area contributed by atoms with Crippen LogP contribution in [0.2, 0.25) is 0 Å². The van der Waals surface area contributed by atoms with Gasteiger partial charge in [-0.05, 0) is 72.8 Å². The summed E-state index contributed by atoms with van der Waals surface area (Å²) in [6.07, 6.45) is 8.09. The van der Waals surface area contributed by atoms with Crippen molar-refractivity contribution in [3.63, 3.8) is 0 Å². The first-order valence-electron chi connectivity index (χ1n) is 7.85. The summed E-state index contributed by atoms with van der Waals surface area (Å²) in [5.41, 5.74) is 7.86. The molecule has 0 atom stereocenters. The van der Waals surface area contributed by atoms with Gasteiger partial charge in [0, 0.05) is 58.6 Å². The second-order valence-electron chi connectivity index (χ2n) is 5.91. The number of nitrogens with zero attached hydrogens (tertiary/aromatic N) is 2. The molecular weight excluding hydrogens is 417 g/mol. The molecule has 0 amide bonds. The maximum atomic E-state index is 4.63. The molecule has 2 aliphatic rings. The molecule has 2 N–H and O–H groups in total. The number of aromatic amines is 2. The zero-order valence-electron chi connectivity index (χ0n) is 13.9. The van der Waals surface area contributed by atoms with Gasteiger partial charge in [0.2, 0.25) is 0 Å². The van der Waals surface area contributed by atoms with Crippen LogP contribution in [-0.2, 0) is 36.5 Å². The van der Waals surface area contributed by atoms with Crippen molar-refractivity contribution in [2.24, 2.45) is 0 Å². The average Bonchev–Trinajstić information content (AvgIpc) is 3.32. The number of hydrogen-bond acceptors (Lipinski definition) is 2. The summed E-state index contributed by atoms with van der Waals surface area (Å²) >= 11 is 0. The van der Waals surface area contributed by atoms with Crippen molar-refractivity contribution in [1.82, 2.24) is 19.9 Å². The van der Waals surface area contributed by atoms with E-state index < -0.39 is 0 Å². The Labute approximate surface area is 173 Å². The molecule has 124 valence electrons. The van der Waals surface area contributed by atoms with Gasteiger partial charge in [-0.3, -0.25) is 0 Å². The number of H-pyrrole nitrogens is 2. The molecule has 0 aromatic carbocycles. The maximum absolute atomic E-state index is 4.63. The summed E-state index contributed by atoms with van der Waals surface area (Å²) < 4.78 is 0. The van der Waals surface area contributed by atoms with Crippen LogP contribution in [0.25, 0.3) is 46.4 Å². The Hall–Kier alpha value is -2.26. The maximum Gasteiger partial charge on any atom is 0.0658 e. The van der Waals surface area contributed by atoms with E-state index >= 15 is 0 Å². The summed E-state index contributed by atoms with van der Waals surface area (Å²) in [6, 6.07) is 16.4. The van der Waals surface area contributed by atoms with Gasteiger partial charge in [0.25, 0.3) is 0 Å². The van der Waals surface area contributed by atoms with Crippen LogP contribution in [0.5, 0.6) is 0 Å². The van der Waals surface area contributed by atoms with E-state index in [1.54, 1.807) is 0 Å². The zero-order chi connectivity index (χ0) is 15.9. The number of aromatic nitrogens is 4. The summed E-state index contributed by atoms with van der Waals surface area (Å²) in [5.74, 6) is 0. The van der Waals surface area contributed by atoms with Crippen LogP contribution in [0.3, 0.4) is 0 Å². The Balaban J connectivity index is 0.000000980. The topological polar surface area (TPSA) is 57.4 Å². The van der Waals surface area contributed by atoms with E-state index in [4.69, 9.17) is 0 Å². The van der Waals surface area contributed by atoms with Gasteiger partial charge in [0.05, 0.1) is 22.8 Å². The fourth-order valence-corrected chi connectivity index (χ4v) is 2.94. The van der Waals surface area contributed by atoms with E-state index in [1.165, 1.54) is 0 Å². The van der Waals surface area contributed by atoms with Gasteiger partial charge in [-0.25, -0.2) is 9.97 Å². The van der Waals surface area contributed by atoms with Crippen molar-refractivity contribution in [1.29, 1.82) is 0 Å². The fourth-order valence-electron chi connectivity index (χ4n) is 2.94. The van der Waals surface area contributed by atoms with Crippen LogP contribution in [0.15, 0.2) is 48.5 Å². The molecular formula is C20H14FeN4Zn. The minimum Gasteiger partial charge on any atom is -0.355 e. The van der Waals surface area contributed by atoms with Gasteiger partial charge in [-0.15, -0.1) is 0 Å². The molecule has 0 aliphatic carbocycles. The van der Waals surface area contributed by atoms with Crippen LogP contribution in [0, 0.1) is 0 Å². The molecule has 0 spiro atoms. The second kappa shape index (κ2) is 7.55. The van der Waals surface area contributed by atoms with Crippen molar-refractivity contribution in [2.45, 2.75) is 0 Å². The van der Waals surface area contributed by atoms with Gasteiger partial charge in [0.15, 0.2) is 0 Å². The molecule has 0 saturated carbocycles. The molecule has 3 aromatic heterocycles. The number of fused-ring (bicyclic) bond motifs is 8. The van der Waals surface area contributed by atoms with Crippen molar-refractivity contribution >= 4 is 46.4 Å². The molecule has 2 aliphatic heterocycles. The van der Waals surface area contributed by atoms with E-state index in [2.05, 4.69) is 44.2 Å². The van der Waals surface area contributed by atoms with Crippen LogP contribution >= 0.6 is 0 Å². The Morgan fingerprint density at radius 2 is 0.769 bits per heavy atom. The molecule has 8 bridgehead atoms. The smallest absolute Gasteiger partial charge is 0.0658 e. The Morgan fingerprint density at radius 3 is 1.04 bits per heavy atom. The van der Waals surface area contributed by atoms with Gasteiger partial charge in [-0.2, -0.15) is 0 Å². The average molecular weight is 432 g/mol. The first-order chi connectivity index (χ1) is 11.8. The largest absolute Gasteiger partial charge is 0.355 e. The van der Waals surface area contributed by atoms with E-state index in [0.717, 1.165) is 44.8 Å². The number of hydrogen-bond donors (Lipinski definition) is 2.